The zero-order chi connectivity index (χ0) is 23.0. The lowest BCUT2D eigenvalue weighted by atomic mass is 10.2. The number of methoxy groups -OCH3 is 1. The van der Waals surface area contributed by atoms with Gasteiger partial charge in [-0.1, -0.05) is 59.8 Å². The van der Waals surface area contributed by atoms with Crippen LogP contribution >= 0.6 is 11.8 Å². The molecule has 0 aliphatic rings. The predicted octanol–water partition coefficient (Wildman–Crippen LogP) is 4.49. The maximum absolute atomic E-state index is 12.4. The lowest BCUT2D eigenvalue weighted by molar-refractivity contribution is -0.118. The Bertz CT molecular complexity index is 1240. The number of hydrazone groups is 1. The highest BCUT2D eigenvalue weighted by molar-refractivity contribution is 7.99. The average molecular weight is 458 g/mol. The van der Waals surface area contributed by atoms with E-state index in [2.05, 4.69) is 20.7 Å². The molecule has 3 aromatic carbocycles. The van der Waals surface area contributed by atoms with Crippen LogP contribution in [0.15, 0.2) is 89.1 Å². The van der Waals surface area contributed by atoms with Crippen molar-refractivity contribution in [3.05, 3.63) is 90.0 Å². The minimum atomic E-state index is -0.232. The van der Waals surface area contributed by atoms with Gasteiger partial charge in [0.2, 0.25) is 0 Å². The lowest BCUT2D eigenvalue weighted by Gasteiger charge is -2.10. The minimum absolute atomic E-state index is 0.152. The number of amides is 1. The Labute approximate surface area is 196 Å². The highest BCUT2D eigenvalue weighted by Gasteiger charge is 2.17. The molecule has 0 saturated heterocycles. The quantitative estimate of drug-likeness (QED) is 0.239. The molecule has 0 radical (unpaired) electrons. The van der Waals surface area contributed by atoms with Crippen molar-refractivity contribution < 1.29 is 9.53 Å². The van der Waals surface area contributed by atoms with Gasteiger partial charge in [-0.2, -0.15) is 5.10 Å². The van der Waals surface area contributed by atoms with Gasteiger partial charge in [-0.15, -0.1) is 10.2 Å². The van der Waals surface area contributed by atoms with E-state index in [9.17, 15) is 4.79 Å². The van der Waals surface area contributed by atoms with E-state index in [1.165, 1.54) is 11.8 Å². The number of ether oxygens (including phenoxy) is 1. The van der Waals surface area contributed by atoms with Crippen LogP contribution in [0.3, 0.4) is 0 Å². The maximum atomic E-state index is 12.4. The molecule has 0 aliphatic carbocycles. The summed E-state index contributed by atoms with van der Waals surface area (Å²) in [6.07, 6.45) is 1.59. The number of benzene rings is 3. The third-order valence-corrected chi connectivity index (χ3v) is 5.74. The van der Waals surface area contributed by atoms with Crippen LogP contribution in [-0.4, -0.2) is 39.7 Å². The molecule has 33 heavy (non-hydrogen) atoms. The van der Waals surface area contributed by atoms with Crippen LogP contribution in [0.5, 0.6) is 5.75 Å². The molecule has 0 aliphatic heterocycles. The van der Waals surface area contributed by atoms with Crippen molar-refractivity contribution in [3.8, 4) is 22.8 Å². The summed E-state index contributed by atoms with van der Waals surface area (Å²) in [6, 6.07) is 25.4. The van der Waals surface area contributed by atoms with E-state index in [-0.39, 0.29) is 11.7 Å². The van der Waals surface area contributed by atoms with Gasteiger partial charge in [0.1, 0.15) is 5.75 Å². The highest BCUT2D eigenvalue weighted by Crippen LogP contribution is 2.28. The van der Waals surface area contributed by atoms with Gasteiger partial charge in [0, 0.05) is 11.3 Å². The SMILES string of the molecule is COc1ccc(C=NNC(=O)CSc2nnc(-c3ccccc3)n2-c2ccc(C)cc2)cc1. The predicted molar refractivity (Wildman–Crippen MR) is 131 cm³/mol. The summed E-state index contributed by atoms with van der Waals surface area (Å²) in [5, 5.41) is 13.4. The number of thioether (sulfide) groups is 1. The summed E-state index contributed by atoms with van der Waals surface area (Å²) in [4.78, 5) is 12.4. The summed E-state index contributed by atoms with van der Waals surface area (Å²) < 4.78 is 7.10. The van der Waals surface area contributed by atoms with Crippen molar-refractivity contribution in [3.63, 3.8) is 0 Å². The third-order valence-electron chi connectivity index (χ3n) is 4.81. The zero-order valence-corrected chi connectivity index (χ0v) is 19.1. The first-order chi connectivity index (χ1) is 16.1. The summed E-state index contributed by atoms with van der Waals surface area (Å²) in [6.45, 7) is 2.04. The molecule has 0 saturated carbocycles. The number of aromatic nitrogens is 3. The molecule has 1 aromatic heterocycles. The fourth-order valence-electron chi connectivity index (χ4n) is 3.10. The van der Waals surface area contributed by atoms with Crippen LogP contribution in [0.2, 0.25) is 0 Å². The first kappa shape index (κ1) is 22.3. The number of nitrogens with zero attached hydrogens (tertiary/aromatic N) is 4. The lowest BCUT2D eigenvalue weighted by Crippen LogP contribution is -2.20. The Balaban J connectivity index is 1.47. The van der Waals surface area contributed by atoms with Crippen LogP contribution < -0.4 is 10.2 Å². The molecule has 8 heteroatoms. The number of carbonyl (C=O) groups is 1. The van der Waals surface area contributed by atoms with Crippen LogP contribution in [0.25, 0.3) is 17.1 Å². The van der Waals surface area contributed by atoms with E-state index in [1.807, 2.05) is 90.4 Å². The Kier molecular flexibility index (Phi) is 7.16. The second-order valence-electron chi connectivity index (χ2n) is 7.20. The van der Waals surface area contributed by atoms with Gasteiger partial charge in [-0.3, -0.25) is 9.36 Å². The topological polar surface area (TPSA) is 81.4 Å². The number of rotatable bonds is 8. The van der Waals surface area contributed by atoms with Gasteiger partial charge in [-0.25, -0.2) is 5.43 Å². The van der Waals surface area contributed by atoms with Crippen LogP contribution in [0.1, 0.15) is 11.1 Å². The normalized spacial score (nSPS) is 11.0. The van der Waals surface area contributed by atoms with Crippen molar-refractivity contribution in [2.24, 2.45) is 5.10 Å². The van der Waals surface area contributed by atoms with E-state index >= 15 is 0 Å². The molecule has 1 N–H and O–H groups in total. The fourth-order valence-corrected chi connectivity index (χ4v) is 3.84. The molecule has 1 amide bonds. The zero-order valence-electron chi connectivity index (χ0n) is 18.3. The van der Waals surface area contributed by atoms with Gasteiger partial charge in [0.25, 0.3) is 5.91 Å². The molecule has 4 rings (SSSR count). The van der Waals surface area contributed by atoms with Crippen molar-refractivity contribution in [2.45, 2.75) is 12.1 Å². The molecule has 0 bridgehead atoms. The first-order valence-electron chi connectivity index (χ1n) is 10.3. The van der Waals surface area contributed by atoms with Gasteiger partial charge < -0.3 is 4.74 Å². The van der Waals surface area contributed by atoms with Crippen molar-refractivity contribution in [1.29, 1.82) is 0 Å². The molecular weight excluding hydrogens is 434 g/mol. The molecule has 1 heterocycles. The smallest absolute Gasteiger partial charge is 0.250 e. The molecule has 166 valence electrons. The Hall–Kier alpha value is -3.91. The number of carbonyl (C=O) groups excluding carboxylic acids is 1. The number of nitrogens with one attached hydrogen (secondary N) is 1. The monoisotopic (exact) mass is 457 g/mol. The molecule has 0 spiro atoms. The number of hydrogen-bond donors (Lipinski definition) is 1. The van der Waals surface area contributed by atoms with E-state index in [0.29, 0.717) is 5.16 Å². The van der Waals surface area contributed by atoms with E-state index in [4.69, 9.17) is 4.74 Å². The van der Waals surface area contributed by atoms with Crippen molar-refractivity contribution in [1.82, 2.24) is 20.2 Å². The molecule has 7 nitrogen and oxygen atoms in total. The second kappa shape index (κ2) is 10.6. The van der Waals surface area contributed by atoms with Gasteiger partial charge in [0.05, 0.1) is 19.1 Å². The summed E-state index contributed by atoms with van der Waals surface area (Å²) >= 11 is 1.31. The molecule has 0 unspecified atom stereocenters. The van der Waals surface area contributed by atoms with E-state index in [1.54, 1.807) is 13.3 Å². The fraction of sp³-hybridized carbons (Fsp3) is 0.120. The van der Waals surface area contributed by atoms with E-state index in [0.717, 1.165) is 34.0 Å². The standard InChI is InChI=1S/C25H23N5O2S/c1-18-8-12-21(13-9-18)30-24(20-6-4-3-5-7-20)28-29-25(30)33-17-23(31)27-26-16-19-10-14-22(32-2)15-11-19/h3-16H,17H2,1-2H3,(H,27,31). The number of hydrogen-bond acceptors (Lipinski definition) is 6. The van der Waals surface area contributed by atoms with Gasteiger partial charge in [0.15, 0.2) is 11.0 Å². The second-order valence-corrected chi connectivity index (χ2v) is 8.14. The van der Waals surface area contributed by atoms with Crippen LogP contribution in [0, 0.1) is 6.92 Å². The minimum Gasteiger partial charge on any atom is -0.497 e. The van der Waals surface area contributed by atoms with Crippen LogP contribution in [0.4, 0.5) is 0 Å². The van der Waals surface area contributed by atoms with E-state index < -0.39 is 0 Å². The molecule has 4 aromatic rings. The van der Waals surface area contributed by atoms with Crippen LogP contribution in [-0.2, 0) is 4.79 Å². The summed E-state index contributed by atoms with van der Waals surface area (Å²) in [5.41, 5.74) is 6.46. The Morgan fingerprint density at radius 2 is 1.76 bits per heavy atom. The highest BCUT2D eigenvalue weighted by atomic mass is 32.2. The van der Waals surface area contributed by atoms with Crippen molar-refractivity contribution in [2.75, 3.05) is 12.9 Å². The first-order valence-corrected chi connectivity index (χ1v) is 11.3. The molecule has 0 fully saturated rings. The molecular formula is C25H23N5O2S. The Morgan fingerprint density at radius 3 is 2.45 bits per heavy atom. The largest absolute Gasteiger partial charge is 0.497 e. The third kappa shape index (κ3) is 5.67. The maximum Gasteiger partial charge on any atom is 0.250 e. The summed E-state index contributed by atoms with van der Waals surface area (Å²) in [7, 11) is 1.61. The Morgan fingerprint density at radius 1 is 1.03 bits per heavy atom. The average Bonchev–Trinajstić information content (AvgIpc) is 3.28. The van der Waals surface area contributed by atoms with Gasteiger partial charge >= 0.3 is 0 Å². The molecule has 0 atom stereocenters. The van der Waals surface area contributed by atoms with Crippen molar-refractivity contribution >= 4 is 23.9 Å². The summed E-state index contributed by atoms with van der Waals surface area (Å²) in [5.74, 6) is 1.41. The van der Waals surface area contributed by atoms with Gasteiger partial charge in [-0.05, 0) is 48.9 Å². The number of aryl methyl sites for hydroxylation is 1.